The smallest absolute Gasteiger partial charge is 0.254 e. The summed E-state index contributed by atoms with van der Waals surface area (Å²) in [7, 11) is 4.12. The molecule has 0 bridgehead atoms. The Morgan fingerprint density at radius 2 is 1.86 bits per heavy atom. The number of imide groups is 1. The van der Waals surface area contributed by atoms with Crippen LogP contribution in [0.5, 0.6) is 0 Å². The second-order valence-electron chi connectivity index (χ2n) is 9.54. The maximum atomic E-state index is 13.3. The summed E-state index contributed by atoms with van der Waals surface area (Å²) in [4.78, 5) is 30.2. The third-order valence-electron chi connectivity index (χ3n) is 7.06. The summed E-state index contributed by atoms with van der Waals surface area (Å²) in [6, 6.07) is 16.3. The van der Waals surface area contributed by atoms with Gasteiger partial charge in [-0.15, -0.1) is 0 Å². The molecule has 182 valence electrons. The van der Waals surface area contributed by atoms with Gasteiger partial charge in [-0.1, -0.05) is 30.3 Å². The first-order chi connectivity index (χ1) is 17.5. The van der Waals surface area contributed by atoms with E-state index in [9.17, 15) is 9.59 Å². The molecule has 2 aliphatic rings. The molecule has 2 amide bonds. The fraction of sp³-hybridized carbons (Fsp3) is 0.250. The Balaban J connectivity index is 1.63. The minimum absolute atomic E-state index is 0.319. The van der Waals surface area contributed by atoms with Crippen molar-refractivity contribution in [2.75, 3.05) is 32.5 Å². The molecule has 2 aromatic heterocycles. The van der Waals surface area contributed by atoms with Crippen molar-refractivity contribution in [3.05, 3.63) is 82.7 Å². The van der Waals surface area contributed by atoms with E-state index in [1.165, 1.54) is 17.1 Å². The molecule has 0 saturated heterocycles. The molecule has 1 unspecified atom stereocenters. The molecule has 1 N–H and O–H groups in total. The van der Waals surface area contributed by atoms with Crippen LogP contribution in [0.4, 0.5) is 5.69 Å². The largest absolute Gasteiger partial charge is 0.382 e. The van der Waals surface area contributed by atoms with Gasteiger partial charge in [-0.25, -0.2) is 0 Å². The highest BCUT2D eigenvalue weighted by Crippen LogP contribution is 2.51. The molecule has 8 heteroatoms. The summed E-state index contributed by atoms with van der Waals surface area (Å²) in [5, 5.41) is 13.8. The summed E-state index contributed by atoms with van der Waals surface area (Å²) < 4.78 is 2.03. The maximum Gasteiger partial charge on any atom is 0.254 e. The summed E-state index contributed by atoms with van der Waals surface area (Å²) in [5.74, 6) is -0.637. The topological polar surface area (TPSA) is 70.5 Å². The van der Waals surface area contributed by atoms with Crippen LogP contribution in [0.2, 0.25) is 0 Å². The number of carbonyl (C=O) groups is 2. The molecule has 0 saturated carbocycles. The first kappa shape index (κ1) is 22.7. The van der Waals surface area contributed by atoms with Crippen LogP contribution in [0, 0.1) is 0 Å². The number of benzene rings is 2. The molecule has 0 radical (unpaired) electrons. The van der Waals surface area contributed by atoms with Gasteiger partial charge in [0.25, 0.3) is 11.8 Å². The summed E-state index contributed by atoms with van der Waals surface area (Å²) in [5.41, 5.74) is 4.53. The van der Waals surface area contributed by atoms with Crippen molar-refractivity contribution >= 4 is 39.7 Å². The zero-order valence-electron chi connectivity index (χ0n) is 20.3. The highest BCUT2D eigenvalue weighted by atomic mass is 32.1. The average molecular weight is 498 g/mol. The number of nitrogens with one attached hydrogen (secondary N) is 1. The Labute approximate surface area is 213 Å². The number of nitrogens with zero attached hydrogens (tertiary/aromatic N) is 4. The van der Waals surface area contributed by atoms with Crippen LogP contribution in [0.1, 0.15) is 17.7 Å². The van der Waals surface area contributed by atoms with Crippen LogP contribution >= 0.6 is 11.3 Å². The second-order valence-corrected chi connectivity index (χ2v) is 10.3. The molecule has 7 nitrogen and oxygen atoms in total. The van der Waals surface area contributed by atoms with E-state index >= 15 is 0 Å². The SMILES string of the molecule is CN(C)CCCn1nc(C2(N3C(=O)C=CC3=O)CNc3cccc(-c4ccsc4)c32)c2ccccc21. The number of thiophene rings is 1. The van der Waals surface area contributed by atoms with Crippen LogP contribution in [0.25, 0.3) is 22.0 Å². The number of rotatable bonds is 7. The van der Waals surface area contributed by atoms with Crippen molar-refractivity contribution < 1.29 is 9.59 Å². The van der Waals surface area contributed by atoms with E-state index < -0.39 is 5.54 Å². The van der Waals surface area contributed by atoms with Crippen molar-refractivity contribution in [2.45, 2.75) is 18.5 Å². The van der Waals surface area contributed by atoms with Crippen LogP contribution in [-0.4, -0.2) is 58.6 Å². The number of hydrogen-bond donors (Lipinski definition) is 1. The van der Waals surface area contributed by atoms with Gasteiger partial charge in [-0.2, -0.15) is 16.4 Å². The summed E-state index contributed by atoms with van der Waals surface area (Å²) >= 11 is 1.62. The monoisotopic (exact) mass is 497 g/mol. The molecular weight excluding hydrogens is 470 g/mol. The van der Waals surface area contributed by atoms with Crippen molar-refractivity contribution in [3.63, 3.8) is 0 Å². The number of carbonyl (C=O) groups excluding carboxylic acids is 2. The molecule has 1 atom stereocenters. The lowest BCUT2D eigenvalue weighted by molar-refractivity contribution is -0.142. The van der Waals surface area contributed by atoms with Crippen molar-refractivity contribution in [3.8, 4) is 11.1 Å². The van der Waals surface area contributed by atoms with Crippen LogP contribution in [0.15, 0.2) is 71.4 Å². The van der Waals surface area contributed by atoms with E-state index in [4.69, 9.17) is 5.10 Å². The third kappa shape index (κ3) is 3.40. The Kier molecular flexibility index (Phi) is 5.50. The van der Waals surface area contributed by atoms with Gasteiger partial charge in [0.1, 0.15) is 11.2 Å². The molecule has 6 rings (SSSR count). The lowest BCUT2D eigenvalue weighted by Gasteiger charge is -2.37. The minimum atomic E-state index is -1.09. The van der Waals surface area contributed by atoms with Crippen molar-refractivity contribution in [2.24, 2.45) is 0 Å². The highest BCUT2D eigenvalue weighted by molar-refractivity contribution is 7.08. The fourth-order valence-electron chi connectivity index (χ4n) is 5.53. The number of fused-ring (bicyclic) bond motifs is 2. The van der Waals surface area contributed by atoms with E-state index in [-0.39, 0.29) is 11.8 Å². The van der Waals surface area contributed by atoms with Crippen LogP contribution in [0.3, 0.4) is 0 Å². The van der Waals surface area contributed by atoms with E-state index in [0.29, 0.717) is 6.54 Å². The standard InChI is InChI=1S/C28H27N5O2S/c1-31(2)14-6-15-32-23-10-4-3-7-21(23)27(30-32)28(33-24(34)11-12-25(33)35)18-29-22-9-5-8-20(26(22)28)19-13-16-36-17-19/h3-5,7-13,16-17,29H,6,14-15,18H2,1-2H3. The molecular formula is C28H27N5O2S. The van der Waals surface area contributed by atoms with Crippen molar-refractivity contribution in [1.82, 2.24) is 19.6 Å². The van der Waals surface area contributed by atoms with E-state index in [1.54, 1.807) is 11.3 Å². The third-order valence-corrected chi connectivity index (χ3v) is 7.74. The van der Waals surface area contributed by atoms with Gasteiger partial charge in [-0.05, 0) is 67.1 Å². The minimum Gasteiger partial charge on any atom is -0.382 e. The Morgan fingerprint density at radius 3 is 2.61 bits per heavy atom. The summed E-state index contributed by atoms with van der Waals surface area (Å²) in [6.07, 6.45) is 3.67. The van der Waals surface area contributed by atoms with E-state index in [2.05, 4.69) is 47.9 Å². The number of amides is 2. The van der Waals surface area contributed by atoms with Gasteiger partial charge < -0.3 is 10.2 Å². The zero-order valence-corrected chi connectivity index (χ0v) is 21.1. The fourth-order valence-corrected chi connectivity index (χ4v) is 6.19. The molecule has 0 aliphatic carbocycles. The molecule has 2 aliphatic heterocycles. The Hall–Kier alpha value is -3.75. The Morgan fingerprint density at radius 1 is 1.06 bits per heavy atom. The molecule has 0 spiro atoms. The molecule has 4 heterocycles. The average Bonchev–Trinajstić information content (AvgIpc) is 3.66. The summed E-state index contributed by atoms with van der Waals surface area (Å²) in [6.45, 7) is 2.04. The lowest BCUT2D eigenvalue weighted by atomic mass is 9.81. The quantitative estimate of drug-likeness (QED) is 0.386. The molecule has 2 aromatic carbocycles. The van der Waals surface area contributed by atoms with Gasteiger partial charge in [0, 0.05) is 41.9 Å². The second kappa shape index (κ2) is 8.72. The van der Waals surface area contributed by atoms with Gasteiger partial charge in [-0.3, -0.25) is 19.2 Å². The number of hydrogen-bond acceptors (Lipinski definition) is 6. The first-order valence-corrected chi connectivity index (χ1v) is 13.0. The highest BCUT2D eigenvalue weighted by Gasteiger charge is 2.54. The predicted molar refractivity (Wildman–Crippen MR) is 143 cm³/mol. The van der Waals surface area contributed by atoms with Crippen LogP contribution < -0.4 is 5.32 Å². The molecule has 0 fully saturated rings. The van der Waals surface area contributed by atoms with Gasteiger partial charge in [0.15, 0.2) is 0 Å². The molecule has 4 aromatic rings. The normalized spacial score (nSPS) is 19.0. The number of anilines is 1. The maximum absolute atomic E-state index is 13.3. The zero-order chi connectivity index (χ0) is 24.9. The van der Waals surface area contributed by atoms with Gasteiger partial charge in [0.05, 0.1) is 5.52 Å². The Bertz CT molecular complexity index is 1490. The number of aryl methyl sites for hydroxylation is 1. The van der Waals surface area contributed by atoms with Crippen molar-refractivity contribution in [1.29, 1.82) is 0 Å². The number of aromatic nitrogens is 2. The van der Waals surface area contributed by atoms with E-state index in [1.807, 2.05) is 40.4 Å². The first-order valence-electron chi connectivity index (χ1n) is 12.1. The number of para-hydroxylation sites is 1. The van der Waals surface area contributed by atoms with Crippen LogP contribution in [-0.2, 0) is 21.7 Å². The lowest BCUT2D eigenvalue weighted by Crippen LogP contribution is -2.52. The van der Waals surface area contributed by atoms with Gasteiger partial charge >= 0.3 is 0 Å². The van der Waals surface area contributed by atoms with Gasteiger partial charge in [0.2, 0.25) is 0 Å². The van der Waals surface area contributed by atoms with E-state index in [0.717, 1.165) is 58.5 Å². The predicted octanol–water partition coefficient (Wildman–Crippen LogP) is 4.31. The molecule has 36 heavy (non-hydrogen) atoms.